The highest BCUT2D eigenvalue weighted by molar-refractivity contribution is 6.46. The van der Waals surface area contributed by atoms with E-state index in [1.807, 2.05) is 33.8 Å². The van der Waals surface area contributed by atoms with Crippen LogP contribution in [0.4, 0.5) is 4.39 Å². The monoisotopic (exact) mass is 441 g/mol. The Hall–Kier alpha value is -3.19. The molecule has 32 heavy (non-hydrogen) atoms. The van der Waals surface area contributed by atoms with Gasteiger partial charge in [0, 0.05) is 12.1 Å². The molecule has 1 aliphatic heterocycles. The summed E-state index contributed by atoms with van der Waals surface area (Å²) in [5.41, 5.74) is 1.83. The van der Waals surface area contributed by atoms with Crippen LogP contribution >= 0.6 is 0 Å². The SMILES string of the molecule is COc1c(C)cc(C)cc1/C(O)=C1\C(=O)C(=O)N(CCOC(C)C)C1c1ccccc1F. The Kier molecular flexibility index (Phi) is 6.99. The van der Waals surface area contributed by atoms with E-state index in [1.165, 1.54) is 30.2 Å². The molecule has 1 aliphatic rings. The number of halogens is 1. The Labute approximate surface area is 187 Å². The van der Waals surface area contributed by atoms with Crippen molar-refractivity contribution in [3.63, 3.8) is 0 Å². The lowest BCUT2D eigenvalue weighted by Gasteiger charge is -2.26. The van der Waals surface area contributed by atoms with Gasteiger partial charge in [0.25, 0.3) is 11.7 Å². The number of likely N-dealkylation sites (tertiary alicyclic amines) is 1. The molecule has 170 valence electrons. The molecule has 1 atom stereocenters. The van der Waals surface area contributed by atoms with Gasteiger partial charge in [0.1, 0.15) is 17.3 Å². The minimum atomic E-state index is -1.09. The maximum absolute atomic E-state index is 14.8. The second-order valence-corrected chi connectivity index (χ2v) is 8.10. The fourth-order valence-electron chi connectivity index (χ4n) is 4.06. The zero-order chi connectivity index (χ0) is 23.6. The maximum atomic E-state index is 14.8. The Morgan fingerprint density at radius 2 is 1.88 bits per heavy atom. The minimum Gasteiger partial charge on any atom is -0.507 e. The third-order valence-electron chi connectivity index (χ3n) is 5.40. The molecule has 0 radical (unpaired) electrons. The first kappa shape index (κ1) is 23.5. The van der Waals surface area contributed by atoms with Crippen molar-refractivity contribution in [2.75, 3.05) is 20.3 Å². The molecule has 1 saturated heterocycles. The van der Waals surface area contributed by atoms with Crippen LogP contribution in [0.5, 0.6) is 5.75 Å². The number of aryl methyl sites for hydroxylation is 2. The summed E-state index contributed by atoms with van der Waals surface area (Å²) in [5, 5.41) is 11.3. The normalized spacial score (nSPS) is 18.0. The molecule has 1 unspecified atom stereocenters. The third-order valence-corrected chi connectivity index (χ3v) is 5.40. The van der Waals surface area contributed by atoms with Crippen molar-refractivity contribution < 1.29 is 28.6 Å². The number of hydrogen-bond acceptors (Lipinski definition) is 5. The first-order valence-corrected chi connectivity index (χ1v) is 10.5. The van der Waals surface area contributed by atoms with Gasteiger partial charge < -0.3 is 19.5 Å². The van der Waals surface area contributed by atoms with E-state index < -0.39 is 29.3 Å². The predicted octanol–water partition coefficient (Wildman–Crippen LogP) is 4.30. The van der Waals surface area contributed by atoms with Crippen molar-refractivity contribution in [1.29, 1.82) is 0 Å². The van der Waals surface area contributed by atoms with Crippen molar-refractivity contribution in [2.45, 2.75) is 39.8 Å². The van der Waals surface area contributed by atoms with E-state index in [-0.39, 0.29) is 36.0 Å². The second-order valence-electron chi connectivity index (χ2n) is 8.10. The number of hydrogen-bond donors (Lipinski definition) is 1. The number of carbonyl (C=O) groups is 2. The van der Waals surface area contributed by atoms with E-state index in [4.69, 9.17) is 9.47 Å². The van der Waals surface area contributed by atoms with Crippen LogP contribution in [0.15, 0.2) is 42.0 Å². The molecule has 0 saturated carbocycles. The fraction of sp³-hybridized carbons (Fsp3) is 0.360. The van der Waals surface area contributed by atoms with Gasteiger partial charge in [0.2, 0.25) is 0 Å². The van der Waals surface area contributed by atoms with Crippen LogP contribution in [0.25, 0.3) is 5.76 Å². The molecule has 0 spiro atoms. The number of amides is 1. The summed E-state index contributed by atoms with van der Waals surface area (Å²) >= 11 is 0. The lowest BCUT2D eigenvalue weighted by molar-refractivity contribution is -0.140. The lowest BCUT2D eigenvalue weighted by atomic mass is 9.93. The predicted molar refractivity (Wildman–Crippen MR) is 119 cm³/mol. The number of methoxy groups -OCH3 is 1. The van der Waals surface area contributed by atoms with Crippen LogP contribution in [0.2, 0.25) is 0 Å². The zero-order valence-corrected chi connectivity index (χ0v) is 18.9. The number of rotatable bonds is 7. The van der Waals surface area contributed by atoms with Crippen LogP contribution in [0.1, 0.15) is 42.1 Å². The average molecular weight is 441 g/mol. The smallest absolute Gasteiger partial charge is 0.295 e. The summed E-state index contributed by atoms with van der Waals surface area (Å²) in [7, 11) is 1.46. The zero-order valence-electron chi connectivity index (χ0n) is 18.9. The summed E-state index contributed by atoms with van der Waals surface area (Å²) in [5.74, 6) is -2.27. The Morgan fingerprint density at radius 1 is 1.19 bits per heavy atom. The van der Waals surface area contributed by atoms with E-state index in [2.05, 4.69) is 0 Å². The van der Waals surface area contributed by atoms with Gasteiger partial charge in [-0.1, -0.05) is 24.3 Å². The van der Waals surface area contributed by atoms with Crippen LogP contribution in [0.3, 0.4) is 0 Å². The van der Waals surface area contributed by atoms with Gasteiger partial charge in [-0.2, -0.15) is 0 Å². The molecule has 0 bridgehead atoms. The largest absolute Gasteiger partial charge is 0.507 e. The Morgan fingerprint density at radius 3 is 2.50 bits per heavy atom. The molecular weight excluding hydrogens is 413 g/mol. The van der Waals surface area contributed by atoms with Gasteiger partial charge in [-0.3, -0.25) is 9.59 Å². The Balaban J connectivity index is 2.21. The Bertz CT molecular complexity index is 1080. The van der Waals surface area contributed by atoms with Gasteiger partial charge in [-0.25, -0.2) is 4.39 Å². The fourth-order valence-corrected chi connectivity index (χ4v) is 4.06. The quantitative estimate of drug-likeness (QED) is 0.394. The third kappa shape index (κ3) is 4.39. The van der Waals surface area contributed by atoms with E-state index >= 15 is 0 Å². The van der Waals surface area contributed by atoms with Crippen molar-refractivity contribution >= 4 is 17.4 Å². The lowest BCUT2D eigenvalue weighted by Crippen LogP contribution is -2.33. The van der Waals surface area contributed by atoms with Gasteiger partial charge >= 0.3 is 0 Å². The van der Waals surface area contributed by atoms with Crippen molar-refractivity contribution in [3.8, 4) is 5.75 Å². The maximum Gasteiger partial charge on any atom is 0.295 e. The van der Waals surface area contributed by atoms with E-state index in [1.54, 1.807) is 12.1 Å². The number of carbonyl (C=O) groups excluding carboxylic acids is 2. The van der Waals surface area contributed by atoms with Crippen LogP contribution in [0, 0.1) is 19.7 Å². The van der Waals surface area contributed by atoms with Gasteiger partial charge in [-0.05, 0) is 51.0 Å². The van der Waals surface area contributed by atoms with E-state index in [0.29, 0.717) is 5.75 Å². The summed E-state index contributed by atoms with van der Waals surface area (Å²) < 4.78 is 25.8. The molecule has 1 amide bonds. The van der Waals surface area contributed by atoms with Crippen LogP contribution in [-0.4, -0.2) is 48.1 Å². The molecule has 6 nitrogen and oxygen atoms in total. The highest BCUT2D eigenvalue weighted by Gasteiger charge is 2.47. The number of benzene rings is 2. The number of nitrogens with zero attached hydrogens (tertiary/aromatic N) is 1. The van der Waals surface area contributed by atoms with Gasteiger partial charge in [-0.15, -0.1) is 0 Å². The molecule has 2 aromatic rings. The molecule has 3 rings (SSSR count). The topological polar surface area (TPSA) is 76.1 Å². The van der Waals surface area contributed by atoms with E-state index in [9.17, 15) is 19.1 Å². The second kappa shape index (κ2) is 9.53. The highest BCUT2D eigenvalue weighted by atomic mass is 19.1. The first-order chi connectivity index (χ1) is 15.2. The number of ether oxygens (including phenoxy) is 2. The molecule has 2 aromatic carbocycles. The van der Waals surface area contributed by atoms with Crippen molar-refractivity contribution in [1.82, 2.24) is 4.90 Å². The number of ketones is 1. The minimum absolute atomic E-state index is 0.0711. The molecule has 1 fully saturated rings. The van der Waals surface area contributed by atoms with Gasteiger partial charge in [0.15, 0.2) is 0 Å². The standard InChI is InChI=1S/C25H28FNO5/c1-14(2)32-11-10-27-21(17-8-6-7-9-19(17)26)20(23(29)25(27)30)22(28)18-13-15(3)12-16(4)24(18)31-5/h6-9,12-14,21,28H,10-11H2,1-5H3/b22-20+. The van der Waals surface area contributed by atoms with Crippen molar-refractivity contribution in [3.05, 3.63) is 70.0 Å². The molecule has 0 aliphatic carbocycles. The summed E-state index contributed by atoms with van der Waals surface area (Å²) in [6.07, 6.45) is -0.0711. The first-order valence-electron chi connectivity index (χ1n) is 10.5. The van der Waals surface area contributed by atoms with Crippen molar-refractivity contribution in [2.24, 2.45) is 0 Å². The molecule has 1 N–H and O–H groups in total. The number of aliphatic hydroxyl groups is 1. The van der Waals surface area contributed by atoms with Gasteiger partial charge in [0.05, 0.1) is 37.0 Å². The number of Topliss-reactive ketones (excluding diaryl/α,β-unsaturated/α-hetero) is 1. The highest BCUT2D eigenvalue weighted by Crippen LogP contribution is 2.42. The summed E-state index contributed by atoms with van der Waals surface area (Å²) in [4.78, 5) is 27.3. The molecule has 0 aromatic heterocycles. The average Bonchev–Trinajstić information content (AvgIpc) is 2.97. The summed E-state index contributed by atoms with van der Waals surface area (Å²) in [6, 6.07) is 8.39. The molecular formula is C25H28FNO5. The van der Waals surface area contributed by atoms with Crippen LogP contribution < -0.4 is 4.74 Å². The van der Waals surface area contributed by atoms with Crippen LogP contribution in [-0.2, 0) is 14.3 Å². The summed E-state index contributed by atoms with van der Waals surface area (Å²) in [6.45, 7) is 7.62. The van der Waals surface area contributed by atoms with E-state index in [0.717, 1.165) is 11.1 Å². The number of aliphatic hydroxyl groups excluding tert-OH is 1. The molecule has 7 heteroatoms. The molecule has 1 heterocycles.